The van der Waals surface area contributed by atoms with E-state index in [1.807, 2.05) is 20.0 Å². The van der Waals surface area contributed by atoms with E-state index in [9.17, 15) is 0 Å². The summed E-state index contributed by atoms with van der Waals surface area (Å²) in [5.74, 6) is 0.681. The highest BCUT2D eigenvalue weighted by Gasteiger charge is 2.16. The van der Waals surface area contributed by atoms with Gasteiger partial charge in [-0.3, -0.25) is 0 Å². The largest absolute Gasteiger partial charge is 0.396 e. The van der Waals surface area contributed by atoms with Crippen LogP contribution >= 0.6 is 0 Å². The van der Waals surface area contributed by atoms with Crippen LogP contribution in [0, 0.1) is 16.9 Å². The van der Waals surface area contributed by atoms with Crippen molar-refractivity contribution in [3.63, 3.8) is 0 Å². The van der Waals surface area contributed by atoms with Crippen molar-refractivity contribution in [1.82, 2.24) is 5.32 Å². The fourth-order valence-corrected chi connectivity index (χ4v) is 1.27. The van der Waals surface area contributed by atoms with Crippen molar-refractivity contribution < 1.29 is 5.11 Å². The highest BCUT2D eigenvalue weighted by atomic mass is 16.3. The third-order valence-corrected chi connectivity index (χ3v) is 2.76. The first-order valence-corrected chi connectivity index (χ1v) is 6.32. The van der Waals surface area contributed by atoms with E-state index in [2.05, 4.69) is 24.3 Å². The molecule has 0 atom stereocenters. The molecule has 0 aliphatic rings. The maximum absolute atomic E-state index is 9.14. The van der Waals surface area contributed by atoms with E-state index in [1.54, 1.807) is 0 Å². The summed E-state index contributed by atoms with van der Waals surface area (Å²) < 4.78 is 0. The maximum atomic E-state index is 9.14. The Morgan fingerprint density at radius 1 is 1.47 bits per heavy atom. The third kappa shape index (κ3) is 8.86. The second-order valence-corrected chi connectivity index (χ2v) is 5.71. The van der Waals surface area contributed by atoms with Crippen molar-refractivity contribution in [3.05, 3.63) is 11.9 Å². The molecule has 0 unspecified atom stereocenters. The molecule has 0 aliphatic heterocycles. The SMILES string of the molecule is CC(C)CCN/C=C(/CCC(C)(C)CO)N=N. The molecule has 0 bridgehead atoms. The molecule has 0 spiro atoms. The normalized spacial score (nSPS) is 12.9. The van der Waals surface area contributed by atoms with Gasteiger partial charge < -0.3 is 10.4 Å². The molecule has 4 heteroatoms. The average Bonchev–Trinajstić information content (AvgIpc) is 2.28. The number of rotatable bonds is 9. The van der Waals surface area contributed by atoms with Crippen molar-refractivity contribution >= 4 is 0 Å². The smallest absolute Gasteiger partial charge is 0.0779 e. The molecule has 0 saturated carbocycles. The second kappa shape index (κ2) is 8.23. The van der Waals surface area contributed by atoms with E-state index >= 15 is 0 Å². The van der Waals surface area contributed by atoms with E-state index < -0.39 is 0 Å². The van der Waals surface area contributed by atoms with E-state index in [0.29, 0.717) is 5.92 Å². The zero-order chi connectivity index (χ0) is 13.3. The van der Waals surface area contributed by atoms with Crippen LogP contribution in [0.2, 0.25) is 0 Å². The van der Waals surface area contributed by atoms with Crippen LogP contribution in [0.1, 0.15) is 47.0 Å². The molecule has 0 saturated heterocycles. The van der Waals surface area contributed by atoms with Gasteiger partial charge in [0.2, 0.25) is 0 Å². The van der Waals surface area contributed by atoms with E-state index in [1.165, 1.54) is 0 Å². The molecule has 0 rings (SSSR count). The molecule has 4 nitrogen and oxygen atoms in total. The van der Waals surface area contributed by atoms with Gasteiger partial charge in [-0.1, -0.05) is 27.7 Å². The van der Waals surface area contributed by atoms with Crippen LogP contribution in [0.5, 0.6) is 0 Å². The number of hydrogen-bond acceptors (Lipinski definition) is 4. The molecule has 0 aliphatic carbocycles. The van der Waals surface area contributed by atoms with Gasteiger partial charge in [-0.15, -0.1) is 0 Å². The minimum Gasteiger partial charge on any atom is -0.396 e. The van der Waals surface area contributed by atoms with Crippen molar-refractivity contribution in [3.8, 4) is 0 Å². The predicted molar refractivity (Wildman–Crippen MR) is 70.8 cm³/mol. The summed E-state index contributed by atoms with van der Waals surface area (Å²) >= 11 is 0. The summed E-state index contributed by atoms with van der Waals surface area (Å²) in [6.07, 6.45) is 4.50. The summed E-state index contributed by atoms with van der Waals surface area (Å²) in [4.78, 5) is 0. The van der Waals surface area contributed by atoms with Crippen molar-refractivity contribution in [2.75, 3.05) is 13.2 Å². The fraction of sp³-hybridized carbons (Fsp3) is 0.846. The van der Waals surface area contributed by atoms with Gasteiger partial charge in [-0.2, -0.15) is 5.11 Å². The van der Waals surface area contributed by atoms with Gasteiger partial charge in [0, 0.05) is 19.4 Å². The molecule has 0 aromatic heterocycles. The lowest BCUT2D eigenvalue weighted by molar-refractivity contribution is 0.150. The van der Waals surface area contributed by atoms with E-state index in [0.717, 1.165) is 31.5 Å². The molecule has 0 amide bonds. The lowest BCUT2D eigenvalue weighted by Gasteiger charge is -2.20. The summed E-state index contributed by atoms with van der Waals surface area (Å²) in [5, 5.41) is 15.8. The van der Waals surface area contributed by atoms with Gasteiger partial charge >= 0.3 is 0 Å². The lowest BCUT2D eigenvalue weighted by Crippen LogP contribution is -2.17. The van der Waals surface area contributed by atoms with Crippen molar-refractivity contribution in [2.45, 2.75) is 47.0 Å². The van der Waals surface area contributed by atoms with Crippen LogP contribution < -0.4 is 5.32 Å². The second-order valence-electron chi connectivity index (χ2n) is 5.71. The summed E-state index contributed by atoms with van der Waals surface area (Å²) in [6, 6.07) is 0. The third-order valence-electron chi connectivity index (χ3n) is 2.76. The summed E-state index contributed by atoms with van der Waals surface area (Å²) in [6.45, 7) is 9.48. The Labute approximate surface area is 105 Å². The Morgan fingerprint density at radius 2 is 2.12 bits per heavy atom. The Morgan fingerprint density at radius 3 is 2.59 bits per heavy atom. The maximum Gasteiger partial charge on any atom is 0.0779 e. The monoisotopic (exact) mass is 241 g/mol. The van der Waals surface area contributed by atoms with Gasteiger partial charge in [0.1, 0.15) is 0 Å². The summed E-state index contributed by atoms with van der Waals surface area (Å²) in [5.41, 5.74) is 7.75. The fourth-order valence-electron chi connectivity index (χ4n) is 1.27. The molecule has 3 N–H and O–H groups in total. The number of hydrogen-bond donors (Lipinski definition) is 3. The highest BCUT2D eigenvalue weighted by Crippen LogP contribution is 2.23. The Kier molecular flexibility index (Phi) is 7.79. The number of allylic oxidation sites excluding steroid dienone is 1. The Bertz CT molecular complexity index is 247. The Hall–Kier alpha value is -0.900. The van der Waals surface area contributed by atoms with Crippen LogP contribution in [-0.4, -0.2) is 18.3 Å². The van der Waals surface area contributed by atoms with Crippen molar-refractivity contribution in [1.29, 1.82) is 5.53 Å². The molecular formula is C13H27N3O. The molecule has 100 valence electrons. The van der Waals surface area contributed by atoms with Crippen LogP contribution in [-0.2, 0) is 0 Å². The quantitative estimate of drug-likeness (QED) is 0.428. The standard InChI is InChI=1S/C13H27N3O/c1-11(2)6-8-15-9-12(16-14)5-7-13(3,4)10-17/h9,11,14-15,17H,5-8,10H2,1-4H3/b12-9-,16-14?. The van der Waals surface area contributed by atoms with Crippen LogP contribution in [0.15, 0.2) is 17.0 Å². The highest BCUT2D eigenvalue weighted by molar-refractivity contribution is 4.97. The first kappa shape index (κ1) is 16.1. The first-order valence-electron chi connectivity index (χ1n) is 6.32. The van der Waals surface area contributed by atoms with E-state index in [-0.39, 0.29) is 12.0 Å². The summed E-state index contributed by atoms with van der Waals surface area (Å²) in [7, 11) is 0. The molecule has 0 radical (unpaired) electrons. The van der Waals surface area contributed by atoms with Gasteiger partial charge in [-0.05, 0) is 30.6 Å². The molecule has 17 heavy (non-hydrogen) atoms. The lowest BCUT2D eigenvalue weighted by atomic mass is 9.88. The zero-order valence-electron chi connectivity index (χ0n) is 11.6. The number of nitrogens with one attached hydrogen (secondary N) is 2. The molecule has 0 heterocycles. The van der Waals surface area contributed by atoms with Gasteiger partial charge in [-0.25, -0.2) is 5.53 Å². The minimum absolute atomic E-state index is 0.0955. The first-order chi connectivity index (χ1) is 7.91. The van der Waals surface area contributed by atoms with Crippen LogP contribution in [0.25, 0.3) is 0 Å². The van der Waals surface area contributed by atoms with Gasteiger partial charge in [0.15, 0.2) is 0 Å². The van der Waals surface area contributed by atoms with Crippen LogP contribution in [0.3, 0.4) is 0 Å². The molecular weight excluding hydrogens is 214 g/mol. The number of aliphatic hydroxyl groups is 1. The average molecular weight is 241 g/mol. The van der Waals surface area contributed by atoms with Gasteiger partial charge in [0.05, 0.1) is 5.70 Å². The van der Waals surface area contributed by atoms with Crippen LogP contribution in [0.4, 0.5) is 0 Å². The number of nitrogens with zero attached hydrogens (tertiary/aromatic N) is 1. The van der Waals surface area contributed by atoms with E-state index in [4.69, 9.17) is 10.6 Å². The Balaban J connectivity index is 3.98. The molecule has 0 aromatic carbocycles. The van der Waals surface area contributed by atoms with Crippen molar-refractivity contribution in [2.24, 2.45) is 16.4 Å². The topological polar surface area (TPSA) is 68.5 Å². The van der Waals surface area contributed by atoms with Gasteiger partial charge in [0.25, 0.3) is 0 Å². The predicted octanol–water partition coefficient (Wildman–Crippen LogP) is 3.29. The zero-order valence-corrected chi connectivity index (χ0v) is 11.6. The molecule has 0 fully saturated rings. The number of aliphatic hydroxyl groups excluding tert-OH is 1. The molecule has 0 aromatic rings. The minimum atomic E-state index is -0.0955.